The highest BCUT2D eigenvalue weighted by molar-refractivity contribution is 7.18. The highest BCUT2D eigenvalue weighted by Gasteiger charge is 2.22. The predicted molar refractivity (Wildman–Crippen MR) is 129 cm³/mol. The molecule has 0 unspecified atom stereocenters. The van der Waals surface area contributed by atoms with Crippen LogP contribution in [0.15, 0.2) is 70.3 Å². The van der Waals surface area contributed by atoms with Gasteiger partial charge in [0.1, 0.15) is 11.4 Å². The van der Waals surface area contributed by atoms with Crippen molar-refractivity contribution >= 4 is 27.5 Å². The first-order chi connectivity index (χ1) is 15.4. The van der Waals surface area contributed by atoms with Gasteiger partial charge in [-0.1, -0.05) is 48.5 Å². The molecule has 4 aromatic rings. The van der Waals surface area contributed by atoms with E-state index in [0.29, 0.717) is 29.0 Å². The molecular formula is C25H25N3O3S. The normalized spacial score (nSPS) is 11.1. The number of rotatable bonds is 6. The van der Waals surface area contributed by atoms with Crippen LogP contribution in [0.3, 0.4) is 0 Å². The Morgan fingerprint density at radius 2 is 1.59 bits per heavy atom. The summed E-state index contributed by atoms with van der Waals surface area (Å²) in [5.41, 5.74) is 1.51. The predicted octanol–water partition coefficient (Wildman–Crippen LogP) is 3.88. The molecule has 2 aromatic heterocycles. The topological polar surface area (TPSA) is 64.3 Å². The minimum atomic E-state index is -0.501. The van der Waals surface area contributed by atoms with Crippen LogP contribution in [0.4, 0.5) is 0 Å². The molecule has 6 nitrogen and oxygen atoms in total. The number of benzene rings is 2. The Hall–Kier alpha value is -3.45. The first-order valence-electron chi connectivity index (χ1n) is 10.5. The summed E-state index contributed by atoms with van der Waals surface area (Å²) < 4.78 is 2.62. The quantitative estimate of drug-likeness (QED) is 0.451. The number of thiophene rings is 1. The van der Waals surface area contributed by atoms with Crippen molar-refractivity contribution in [3.63, 3.8) is 0 Å². The molecule has 0 radical (unpaired) electrons. The van der Waals surface area contributed by atoms with Gasteiger partial charge >= 0.3 is 5.69 Å². The zero-order chi connectivity index (χ0) is 22.8. The molecule has 0 fully saturated rings. The summed E-state index contributed by atoms with van der Waals surface area (Å²) in [6.07, 6.45) is 0. The standard InChI is InChI=1S/C25H25N3O3S/c1-4-26(15-19-11-7-5-8-12-19)21(29)16-27-24-22(17(2)18(3)32-24)23(30)28(25(27)31)20-13-9-6-10-14-20/h5-14H,4,15-16H2,1-3H3. The van der Waals surface area contributed by atoms with E-state index >= 15 is 0 Å². The van der Waals surface area contributed by atoms with Crippen LogP contribution in [-0.4, -0.2) is 26.5 Å². The van der Waals surface area contributed by atoms with E-state index in [1.54, 1.807) is 29.2 Å². The Bertz CT molecular complexity index is 1390. The fourth-order valence-electron chi connectivity index (χ4n) is 3.82. The van der Waals surface area contributed by atoms with Gasteiger partial charge in [0.15, 0.2) is 0 Å². The second-order valence-electron chi connectivity index (χ2n) is 7.70. The molecule has 164 valence electrons. The average molecular weight is 448 g/mol. The molecule has 2 heterocycles. The number of hydrogen-bond acceptors (Lipinski definition) is 4. The van der Waals surface area contributed by atoms with E-state index in [4.69, 9.17) is 0 Å². The molecular weight excluding hydrogens is 422 g/mol. The first kappa shape index (κ1) is 21.8. The van der Waals surface area contributed by atoms with Crippen molar-refractivity contribution in [2.75, 3.05) is 6.54 Å². The SMILES string of the molecule is CCN(Cc1ccccc1)C(=O)Cn1c(=O)n(-c2ccccc2)c(=O)c2c(C)c(C)sc21. The average Bonchev–Trinajstić information content (AvgIpc) is 3.10. The Kier molecular flexibility index (Phi) is 6.10. The summed E-state index contributed by atoms with van der Waals surface area (Å²) in [4.78, 5) is 43.3. The van der Waals surface area contributed by atoms with Crippen LogP contribution in [0.1, 0.15) is 22.9 Å². The van der Waals surface area contributed by atoms with E-state index in [1.165, 1.54) is 20.5 Å². The Morgan fingerprint density at radius 3 is 2.22 bits per heavy atom. The molecule has 0 N–H and O–H groups in total. The van der Waals surface area contributed by atoms with E-state index in [2.05, 4.69) is 0 Å². The maximum Gasteiger partial charge on any atom is 0.337 e. The molecule has 0 bridgehead atoms. The maximum atomic E-state index is 13.5. The van der Waals surface area contributed by atoms with Crippen LogP contribution in [0.5, 0.6) is 0 Å². The smallest absolute Gasteiger partial charge is 0.337 e. The van der Waals surface area contributed by atoms with Crippen molar-refractivity contribution in [1.82, 2.24) is 14.0 Å². The zero-order valence-electron chi connectivity index (χ0n) is 18.4. The van der Waals surface area contributed by atoms with E-state index in [0.717, 1.165) is 16.0 Å². The largest absolute Gasteiger partial charge is 0.337 e. The van der Waals surface area contributed by atoms with Gasteiger partial charge < -0.3 is 4.90 Å². The number of para-hydroxylation sites is 1. The Morgan fingerprint density at radius 1 is 0.969 bits per heavy atom. The molecule has 0 atom stereocenters. The minimum absolute atomic E-state index is 0.123. The first-order valence-corrected chi connectivity index (χ1v) is 11.4. The second kappa shape index (κ2) is 8.96. The molecule has 0 saturated carbocycles. The van der Waals surface area contributed by atoms with Crippen molar-refractivity contribution < 1.29 is 4.79 Å². The lowest BCUT2D eigenvalue weighted by molar-refractivity contribution is -0.132. The van der Waals surface area contributed by atoms with Gasteiger partial charge in [-0.2, -0.15) is 0 Å². The Labute approximate surface area is 190 Å². The van der Waals surface area contributed by atoms with Gasteiger partial charge in [0.25, 0.3) is 5.56 Å². The van der Waals surface area contributed by atoms with Crippen LogP contribution < -0.4 is 11.2 Å². The van der Waals surface area contributed by atoms with E-state index in [1.807, 2.05) is 57.2 Å². The number of nitrogens with zero attached hydrogens (tertiary/aromatic N) is 3. The van der Waals surface area contributed by atoms with Gasteiger partial charge in [0, 0.05) is 18.0 Å². The van der Waals surface area contributed by atoms with E-state index in [9.17, 15) is 14.4 Å². The molecule has 0 aliphatic carbocycles. The summed E-state index contributed by atoms with van der Waals surface area (Å²) in [5, 5.41) is 0.495. The number of amides is 1. The lowest BCUT2D eigenvalue weighted by Crippen LogP contribution is -2.42. The second-order valence-corrected chi connectivity index (χ2v) is 8.90. The molecule has 0 aliphatic heterocycles. The van der Waals surface area contributed by atoms with Gasteiger partial charge in [0.05, 0.1) is 11.1 Å². The molecule has 1 amide bonds. The van der Waals surface area contributed by atoms with Crippen LogP contribution in [0.2, 0.25) is 0 Å². The number of carbonyl (C=O) groups is 1. The summed E-state index contributed by atoms with van der Waals surface area (Å²) in [7, 11) is 0. The highest BCUT2D eigenvalue weighted by Crippen LogP contribution is 2.27. The van der Waals surface area contributed by atoms with Gasteiger partial charge in [-0.25, -0.2) is 9.36 Å². The van der Waals surface area contributed by atoms with Crippen LogP contribution in [0.25, 0.3) is 15.9 Å². The van der Waals surface area contributed by atoms with E-state index < -0.39 is 5.69 Å². The number of likely N-dealkylation sites (N-methyl/N-ethyl adjacent to an activating group) is 1. The van der Waals surface area contributed by atoms with Crippen molar-refractivity contribution in [2.24, 2.45) is 0 Å². The number of carbonyl (C=O) groups excluding carboxylic acids is 1. The third kappa shape index (κ3) is 3.91. The van der Waals surface area contributed by atoms with Crippen molar-refractivity contribution in [2.45, 2.75) is 33.9 Å². The highest BCUT2D eigenvalue weighted by atomic mass is 32.1. The molecule has 32 heavy (non-hydrogen) atoms. The minimum Gasteiger partial charge on any atom is -0.337 e. The third-order valence-corrected chi connectivity index (χ3v) is 6.94. The lowest BCUT2D eigenvalue weighted by atomic mass is 10.2. The van der Waals surface area contributed by atoms with Crippen LogP contribution >= 0.6 is 11.3 Å². The summed E-state index contributed by atoms with van der Waals surface area (Å²) in [6.45, 7) is 6.60. The van der Waals surface area contributed by atoms with Gasteiger partial charge in [-0.3, -0.25) is 14.2 Å². The number of hydrogen-bond donors (Lipinski definition) is 0. The summed E-state index contributed by atoms with van der Waals surface area (Å²) in [6, 6.07) is 18.6. The number of fused-ring (bicyclic) bond motifs is 1. The van der Waals surface area contributed by atoms with Crippen molar-refractivity contribution in [3.05, 3.63) is 97.5 Å². The fourth-order valence-corrected chi connectivity index (χ4v) is 4.96. The molecule has 7 heteroatoms. The van der Waals surface area contributed by atoms with Crippen molar-refractivity contribution in [3.8, 4) is 5.69 Å². The third-order valence-electron chi connectivity index (χ3n) is 5.71. The van der Waals surface area contributed by atoms with Gasteiger partial charge in [0.2, 0.25) is 5.91 Å². The van der Waals surface area contributed by atoms with Crippen molar-refractivity contribution in [1.29, 1.82) is 0 Å². The molecule has 0 aliphatic rings. The zero-order valence-corrected chi connectivity index (χ0v) is 19.2. The molecule has 4 rings (SSSR count). The van der Waals surface area contributed by atoms with Crippen LogP contribution in [0, 0.1) is 13.8 Å². The molecule has 0 saturated heterocycles. The number of aromatic nitrogens is 2. The van der Waals surface area contributed by atoms with Crippen LogP contribution in [-0.2, 0) is 17.9 Å². The van der Waals surface area contributed by atoms with E-state index in [-0.39, 0.29) is 18.0 Å². The Balaban J connectivity index is 1.83. The molecule has 0 spiro atoms. The lowest BCUT2D eigenvalue weighted by Gasteiger charge is -2.22. The summed E-state index contributed by atoms with van der Waals surface area (Å²) >= 11 is 1.38. The fraction of sp³-hybridized carbons (Fsp3) is 0.240. The monoisotopic (exact) mass is 447 g/mol. The summed E-state index contributed by atoms with van der Waals surface area (Å²) in [5.74, 6) is -0.165. The van der Waals surface area contributed by atoms with Gasteiger partial charge in [-0.15, -0.1) is 11.3 Å². The van der Waals surface area contributed by atoms with Gasteiger partial charge in [-0.05, 0) is 44.0 Å². The maximum absolute atomic E-state index is 13.5. The molecule has 2 aromatic carbocycles. The number of aryl methyl sites for hydroxylation is 2.